The summed E-state index contributed by atoms with van der Waals surface area (Å²) in [5, 5.41) is 0. The molecular weight excluding hydrogens is 342 g/mol. The Balaban J connectivity index is 1.66. The van der Waals surface area contributed by atoms with Crippen molar-refractivity contribution >= 4 is 16.2 Å². The van der Waals surface area contributed by atoms with Crippen LogP contribution < -0.4 is 0 Å². The number of aryl methyl sites for hydroxylation is 1. The van der Waals surface area contributed by atoms with Crippen molar-refractivity contribution < 1.29 is 22.1 Å². The zero-order chi connectivity index (χ0) is 18.4. The van der Waals surface area contributed by atoms with Gasteiger partial charge in [-0.25, -0.2) is 4.79 Å². The summed E-state index contributed by atoms with van der Waals surface area (Å²) < 4.78 is 35.4. The fraction of sp³-hybridized carbons (Fsp3) is 0.611. The number of carbonyl (C=O) groups is 1. The molecule has 3 atom stereocenters. The number of amides is 1. The van der Waals surface area contributed by atoms with Gasteiger partial charge in [0.05, 0.1) is 17.5 Å². The highest BCUT2D eigenvalue weighted by Crippen LogP contribution is 2.50. The lowest BCUT2D eigenvalue weighted by Crippen LogP contribution is -2.44. The lowest BCUT2D eigenvalue weighted by atomic mass is 10.2. The number of fused-ring (bicyclic) bond motifs is 1. The van der Waals surface area contributed by atoms with E-state index in [0.29, 0.717) is 18.4 Å². The van der Waals surface area contributed by atoms with E-state index in [1.54, 1.807) is 17.0 Å². The average molecular weight is 367 g/mol. The van der Waals surface area contributed by atoms with E-state index in [9.17, 15) is 13.2 Å². The standard InChI is InChI=1S/C18H25NO5S/c1-12-5-7-14(8-6-12)25(21,22)23-11-16-15-9-13(15)10-19(16)17(20)24-18(2,3)4/h5-8,13,15-16H,9-11H2,1-4H3/t13-,15+,16-/m1/s1. The molecule has 1 aromatic carbocycles. The Morgan fingerprint density at radius 3 is 2.48 bits per heavy atom. The number of hydrogen-bond donors (Lipinski definition) is 0. The largest absolute Gasteiger partial charge is 0.444 e. The van der Waals surface area contributed by atoms with Gasteiger partial charge in [0, 0.05) is 6.54 Å². The highest BCUT2D eigenvalue weighted by atomic mass is 32.2. The summed E-state index contributed by atoms with van der Waals surface area (Å²) in [6, 6.07) is 6.28. The van der Waals surface area contributed by atoms with Crippen LogP contribution in [0.2, 0.25) is 0 Å². The summed E-state index contributed by atoms with van der Waals surface area (Å²) >= 11 is 0. The minimum absolute atomic E-state index is 0.0311. The van der Waals surface area contributed by atoms with Gasteiger partial charge < -0.3 is 9.64 Å². The minimum Gasteiger partial charge on any atom is -0.444 e. The maximum absolute atomic E-state index is 12.4. The topological polar surface area (TPSA) is 72.9 Å². The first-order chi connectivity index (χ1) is 11.6. The van der Waals surface area contributed by atoms with Gasteiger partial charge in [0.2, 0.25) is 0 Å². The van der Waals surface area contributed by atoms with Crippen molar-refractivity contribution in [3.8, 4) is 0 Å². The van der Waals surface area contributed by atoms with E-state index < -0.39 is 21.8 Å². The van der Waals surface area contributed by atoms with E-state index in [1.165, 1.54) is 12.1 Å². The van der Waals surface area contributed by atoms with E-state index in [1.807, 2.05) is 27.7 Å². The Labute approximate surface area is 149 Å². The molecule has 1 saturated heterocycles. The Bertz CT molecular complexity index is 751. The van der Waals surface area contributed by atoms with Crippen molar-refractivity contribution in [1.29, 1.82) is 0 Å². The third-order valence-corrected chi connectivity index (χ3v) is 5.93. The maximum Gasteiger partial charge on any atom is 0.410 e. The summed E-state index contributed by atoms with van der Waals surface area (Å²) in [6.07, 6.45) is 0.610. The van der Waals surface area contributed by atoms with E-state index in [0.717, 1.165) is 12.0 Å². The molecule has 1 amide bonds. The van der Waals surface area contributed by atoms with Crippen LogP contribution in [-0.4, -0.2) is 44.2 Å². The van der Waals surface area contributed by atoms with Gasteiger partial charge in [-0.1, -0.05) is 17.7 Å². The van der Waals surface area contributed by atoms with E-state index in [4.69, 9.17) is 8.92 Å². The molecule has 6 nitrogen and oxygen atoms in total. The Morgan fingerprint density at radius 1 is 1.24 bits per heavy atom. The van der Waals surface area contributed by atoms with Crippen molar-refractivity contribution in [3.63, 3.8) is 0 Å². The second-order valence-electron chi connectivity index (χ2n) is 7.91. The van der Waals surface area contributed by atoms with Gasteiger partial charge in [0.15, 0.2) is 0 Å². The van der Waals surface area contributed by atoms with Gasteiger partial charge in [0.1, 0.15) is 5.60 Å². The first-order valence-corrected chi connectivity index (χ1v) is 9.93. The van der Waals surface area contributed by atoms with Crippen LogP contribution in [0, 0.1) is 18.8 Å². The van der Waals surface area contributed by atoms with Gasteiger partial charge in [-0.2, -0.15) is 8.42 Å². The second kappa shape index (κ2) is 6.29. The average Bonchev–Trinajstić information content (AvgIpc) is 3.16. The van der Waals surface area contributed by atoms with Crippen molar-refractivity contribution in [3.05, 3.63) is 29.8 Å². The molecule has 1 aliphatic heterocycles. The predicted octanol–water partition coefficient (Wildman–Crippen LogP) is 2.96. The number of likely N-dealkylation sites (tertiary alicyclic amines) is 1. The Kier molecular flexibility index (Phi) is 4.58. The normalized spacial score (nSPS) is 25.6. The number of benzene rings is 1. The van der Waals surface area contributed by atoms with Crippen molar-refractivity contribution in [2.45, 2.75) is 50.7 Å². The van der Waals surface area contributed by atoms with Crippen molar-refractivity contribution in [2.75, 3.05) is 13.2 Å². The summed E-state index contributed by atoms with van der Waals surface area (Å²) in [5.41, 5.74) is 0.398. The van der Waals surface area contributed by atoms with Crippen LogP contribution in [0.3, 0.4) is 0 Å². The zero-order valence-corrected chi connectivity index (χ0v) is 15.9. The van der Waals surface area contributed by atoms with Crippen LogP contribution in [-0.2, 0) is 19.0 Å². The molecule has 138 valence electrons. The molecule has 0 radical (unpaired) electrons. The molecule has 0 N–H and O–H groups in total. The van der Waals surface area contributed by atoms with Gasteiger partial charge in [-0.3, -0.25) is 4.18 Å². The SMILES string of the molecule is Cc1ccc(S(=O)(=O)OC[C@@H]2[C@H]3C[C@@H]3CN2C(=O)OC(C)(C)C)cc1. The van der Waals surface area contributed by atoms with E-state index in [2.05, 4.69) is 0 Å². The monoisotopic (exact) mass is 367 g/mol. The molecule has 2 fully saturated rings. The van der Waals surface area contributed by atoms with Crippen LogP contribution in [0.15, 0.2) is 29.2 Å². The lowest BCUT2D eigenvalue weighted by Gasteiger charge is -2.30. The lowest BCUT2D eigenvalue weighted by molar-refractivity contribution is 0.0149. The van der Waals surface area contributed by atoms with E-state index >= 15 is 0 Å². The quantitative estimate of drug-likeness (QED) is 0.765. The van der Waals surface area contributed by atoms with Gasteiger partial charge in [0.25, 0.3) is 10.1 Å². The molecular formula is C18H25NO5S. The molecule has 1 aliphatic carbocycles. The van der Waals surface area contributed by atoms with Crippen LogP contribution in [0.25, 0.3) is 0 Å². The van der Waals surface area contributed by atoms with Crippen LogP contribution in [0.1, 0.15) is 32.8 Å². The van der Waals surface area contributed by atoms with Crippen molar-refractivity contribution in [2.24, 2.45) is 11.8 Å². The molecule has 0 aromatic heterocycles. The fourth-order valence-corrected chi connectivity index (χ4v) is 4.17. The van der Waals surface area contributed by atoms with Gasteiger partial charge in [-0.05, 0) is 58.1 Å². The molecule has 0 spiro atoms. The van der Waals surface area contributed by atoms with Crippen LogP contribution in [0.5, 0.6) is 0 Å². The van der Waals surface area contributed by atoms with E-state index in [-0.39, 0.29) is 17.5 Å². The number of hydrogen-bond acceptors (Lipinski definition) is 5. The van der Waals surface area contributed by atoms with Gasteiger partial charge >= 0.3 is 6.09 Å². The second-order valence-corrected chi connectivity index (χ2v) is 9.53. The number of nitrogens with zero attached hydrogens (tertiary/aromatic N) is 1. The molecule has 3 rings (SSSR count). The molecule has 1 heterocycles. The first-order valence-electron chi connectivity index (χ1n) is 8.52. The third-order valence-electron chi connectivity index (χ3n) is 4.63. The van der Waals surface area contributed by atoms with Gasteiger partial charge in [-0.15, -0.1) is 0 Å². The summed E-state index contributed by atoms with van der Waals surface area (Å²) in [4.78, 5) is 14.1. The van der Waals surface area contributed by atoms with Crippen LogP contribution >= 0.6 is 0 Å². The molecule has 25 heavy (non-hydrogen) atoms. The van der Waals surface area contributed by atoms with Crippen molar-refractivity contribution in [1.82, 2.24) is 4.90 Å². The number of rotatable bonds is 4. The first kappa shape index (κ1) is 18.2. The Morgan fingerprint density at radius 2 is 1.88 bits per heavy atom. The molecule has 1 saturated carbocycles. The molecule has 0 bridgehead atoms. The Hall–Kier alpha value is -1.60. The molecule has 0 unspecified atom stereocenters. The fourth-order valence-electron chi connectivity index (χ4n) is 3.25. The summed E-state index contributed by atoms with van der Waals surface area (Å²) in [5.74, 6) is 0.740. The highest BCUT2D eigenvalue weighted by molar-refractivity contribution is 7.86. The number of piperidine rings is 1. The number of carbonyl (C=O) groups excluding carboxylic acids is 1. The highest BCUT2D eigenvalue weighted by Gasteiger charge is 2.55. The molecule has 7 heteroatoms. The third kappa shape index (κ3) is 4.15. The number of ether oxygens (including phenoxy) is 1. The molecule has 1 aromatic rings. The smallest absolute Gasteiger partial charge is 0.410 e. The molecule has 2 aliphatic rings. The summed E-state index contributed by atoms with van der Waals surface area (Å²) in [7, 11) is -3.83. The zero-order valence-electron chi connectivity index (χ0n) is 15.1. The minimum atomic E-state index is -3.83. The summed E-state index contributed by atoms with van der Waals surface area (Å²) in [6.45, 7) is 7.91. The van der Waals surface area contributed by atoms with Crippen LogP contribution in [0.4, 0.5) is 4.79 Å². The predicted molar refractivity (Wildman–Crippen MR) is 92.6 cm³/mol. The maximum atomic E-state index is 12.4.